The first-order chi connectivity index (χ1) is 6.25. The van der Waals surface area contributed by atoms with Crippen molar-refractivity contribution >= 4 is 5.78 Å². The summed E-state index contributed by atoms with van der Waals surface area (Å²) in [5.41, 5.74) is 0. The van der Waals surface area contributed by atoms with E-state index in [0.717, 1.165) is 32.3 Å². The van der Waals surface area contributed by atoms with Gasteiger partial charge in [0, 0.05) is 18.4 Å². The highest BCUT2D eigenvalue weighted by molar-refractivity contribution is 5.83. The molecule has 13 heavy (non-hydrogen) atoms. The van der Waals surface area contributed by atoms with Crippen LogP contribution < -0.4 is 0 Å². The van der Waals surface area contributed by atoms with E-state index in [-0.39, 0.29) is 11.8 Å². The first-order valence-electron chi connectivity index (χ1n) is 5.37. The fourth-order valence-electron chi connectivity index (χ4n) is 1.94. The van der Waals surface area contributed by atoms with E-state index in [1.165, 1.54) is 0 Å². The minimum absolute atomic E-state index is 0.190. The monoisotopic (exact) mass is 184 g/mol. The van der Waals surface area contributed by atoms with Gasteiger partial charge in [0.2, 0.25) is 0 Å². The van der Waals surface area contributed by atoms with Gasteiger partial charge >= 0.3 is 0 Å². The average molecular weight is 184 g/mol. The van der Waals surface area contributed by atoms with Crippen molar-refractivity contribution in [2.45, 2.75) is 39.5 Å². The summed E-state index contributed by atoms with van der Waals surface area (Å²) >= 11 is 0. The minimum atomic E-state index is 0.190. The van der Waals surface area contributed by atoms with E-state index in [1.54, 1.807) is 0 Å². The quantitative estimate of drug-likeness (QED) is 0.670. The molecule has 2 unspecified atom stereocenters. The molecule has 2 heteroatoms. The zero-order valence-corrected chi connectivity index (χ0v) is 8.71. The summed E-state index contributed by atoms with van der Waals surface area (Å²) in [7, 11) is 0. The highest BCUT2D eigenvalue weighted by atomic mass is 16.5. The largest absolute Gasteiger partial charge is 0.381 e. The molecule has 1 aliphatic heterocycles. The van der Waals surface area contributed by atoms with Gasteiger partial charge in [0.15, 0.2) is 0 Å². The lowest BCUT2D eigenvalue weighted by Crippen LogP contribution is -2.29. The predicted octanol–water partition coefficient (Wildman–Crippen LogP) is 2.42. The van der Waals surface area contributed by atoms with Crippen LogP contribution >= 0.6 is 0 Å². The molecule has 0 aromatic carbocycles. The molecule has 1 rings (SSSR count). The molecular formula is C11H20O2. The zero-order chi connectivity index (χ0) is 9.68. The topological polar surface area (TPSA) is 26.3 Å². The van der Waals surface area contributed by atoms with E-state index in [1.807, 2.05) is 6.92 Å². The predicted molar refractivity (Wildman–Crippen MR) is 52.6 cm³/mol. The van der Waals surface area contributed by atoms with Gasteiger partial charge in [0.25, 0.3) is 0 Å². The van der Waals surface area contributed by atoms with Gasteiger partial charge in [-0.2, -0.15) is 0 Å². The highest BCUT2D eigenvalue weighted by Crippen LogP contribution is 2.20. The molecule has 0 aliphatic carbocycles. The number of carbonyl (C=O) groups is 1. The molecule has 1 aliphatic rings. The summed E-state index contributed by atoms with van der Waals surface area (Å²) < 4.78 is 5.31. The van der Waals surface area contributed by atoms with Crippen LogP contribution in [0.2, 0.25) is 0 Å². The molecule has 0 radical (unpaired) electrons. The Morgan fingerprint density at radius 3 is 2.92 bits per heavy atom. The van der Waals surface area contributed by atoms with Crippen LogP contribution in [0.5, 0.6) is 0 Å². The van der Waals surface area contributed by atoms with Crippen LogP contribution in [-0.2, 0) is 9.53 Å². The van der Waals surface area contributed by atoms with Crippen molar-refractivity contribution in [3.63, 3.8) is 0 Å². The standard InChI is InChI=1S/C11H20O2/c1-3-5-9(2)11(12)10-6-4-7-13-8-10/h9-10H,3-8H2,1-2H3. The Bertz CT molecular complexity index is 159. The van der Waals surface area contributed by atoms with Crippen LogP contribution in [0.25, 0.3) is 0 Å². The lowest BCUT2D eigenvalue weighted by atomic mass is 9.88. The Hall–Kier alpha value is -0.370. The van der Waals surface area contributed by atoms with Crippen LogP contribution in [0.4, 0.5) is 0 Å². The molecule has 0 aromatic rings. The Morgan fingerprint density at radius 1 is 1.62 bits per heavy atom. The number of carbonyl (C=O) groups excluding carboxylic acids is 1. The summed E-state index contributed by atoms with van der Waals surface area (Å²) in [6.45, 7) is 5.67. The van der Waals surface area contributed by atoms with Crippen LogP contribution in [-0.4, -0.2) is 19.0 Å². The summed E-state index contributed by atoms with van der Waals surface area (Å²) in [6, 6.07) is 0. The van der Waals surface area contributed by atoms with Crippen molar-refractivity contribution in [1.29, 1.82) is 0 Å². The fourth-order valence-corrected chi connectivity index (χ4v) is 1.94. The van der Waals surface area contributed by atoms with E-state index >= 15 is 0 Å². The van der Waals surface area contributed by atoms with Gasteiger partial charge in [-0.05, 0) is 19.3 Å². The maximum absolute atomic E-state index is 11.8. The molecule has 1 fully saturated rings. The molecule has 0 N–H and O–H groups in total. The second kappa shape index (κ2) is 5.38. The zero-order valence-electron chi connectivity index (χ0n) is 8.71. The van der Waals surface area contributed by atoms with E-state index in [9.17, 15) is 4.79 Å². The molecule has 0 bridgehead atoms. The van der Waals surface area contributed by atoms with E-state index in [0.29, 0.717) is 12.4 Å². The van der Waals surface area contributed by atoms with E-state index < -0.39 is 0 Å². The van der Waals surface area contributed by atoms with Crippen molar-refractivity contribution in [1.82, 2.24) is 0 Å². The third kappa shape index (κ3) is 3.11. The van der Waals surface area contributed by atoms with Gasteiger partial charge in [0.05, 0.1) is 6.61 Å². The SMILES string of the molecule is CCCC(C)C(=O)C1CCCOC1. The first kappa shape index (κ1) is 10.7. The van der Waals surface area contributed by atoms with Gasteiger partial charge in [-0.15, -0.1) is 0 Å². The molecule has 2 nitrogen and oxygen atoms in total. The Labute approximate surface area is 80.7 Å². The molecular weight excluding hydrogens is 164 g/mol. The van der Waals surface area contributed by atoms with Crippen LogP contribution in [0.15, 0.2) is 0 Å². The first-order valence-corrected chi connectivity index (χ1v) is 5.37. The van der Waals surface area contributed by atoms with Crippen molar-refractivity contribution in [3.05, 3.63) is 0 Å². The third-order valence-electron chi connectivity index (χ3n) is 2.77. The normalized spacial score (nSPS) is 25.5. The summed E-state index contributed by atoms with van der Waals surface area (Å²) in [5.74, 6) is 0.841. The van der Waals surface area contributed by atoms with Crippen LogP contribution in [0, 0.1) is 11.8 Å². The summed E-state index contributed by atoms with van der Waals surface area (Å²) in [4.78, 5) is 11.8. The number of hydrogen-bond acceptors (Lipinski definition) is 2. The van der Waals surface area contributed by atoms with E-state index in [4.69, 9.17) is 4.74 Å². The molecule has 0 amide bonds. The van der Waals surface area contributed by atoms with Crippen molar-refractivity contribution < 1.29 is 9.53 Å². The van der Waals surface area contributed by atoms with Crippen molar-refractivity contribution in [2.75, 3.05) is 13.2 Å². The smallest absolute Gasteiger partial charge is 0.141 e. The van der Waals surface area contributed by atoms with Crippen LogP contribution in [0.1, 0.15) is 39.5 Å². The Balaban J connectivity index is 2.36. The van der Waals surface area contributed by atoms with Gasteiger partial charge in [0.1, 0.15) is 5.78 Å². The van der Waals surface area contributed by atoms with Gasteiger partial charge in [-0.3, -0.25) is 4.79 Å². The van der Waals surface area contributed by atoms with Gasteiger partial charge in [-0.25, -0.2) is 0 Å². The minimum Gasteiger partial charge on any atom is -0.381 e. The number of Topliss-reactive ketones (excluding diaryl/α,β-unsaturated/α-hetero) is 1. The number of rotatable bonds is 4. The maximum atomic E-state index is 11.8. The Kier molecular flexibility index (Phi) is 4.43. The highest BCUT2D eigenvalue weighted by Gasteiger charge is 2.25. The summed E-state index contributed by atoms with van der Waals surface area (Å²) in [6.07, 6.45) is 4.21. The van der Waals surface area contributed by atoms with Crippen molar-refractivity contribution in [3.8, 4) is 0 Å². The average Bonchev–Trinajstić information content (AvgIpc) is 2.18. The summed E-state index contributed by atoms with van der Waals surface area (Å²) in [5, 5.41) is 0. The molecule has 1 saturated heterocycles. The maximum Gasteiger partial charge on any atom is 0.141 e. The van der Waals surface area contributed by atoms with E-state index in [2.05, 4.69) is 6.92 Å². The van der Waals surface area contributed by atoms with Gasteiger partial charge in [-0.1, -0.05) is 20.3 Å². The third-order valence-corrected chi connectivity index (χ3v) is 2.77. The van der Waals surface area contributed by atoms with Crippen molar-refractivity contribution in [2.24, 2.45) is 11.8 Å². The molecule has 2 atom stereocenters. The van der Waals surface area contributed by atoms with Crippen LogP contribution in [0.3, 0.4) is 0 Å². The lowest BCUT2D eigenvalue weighted by molar-refractivity contribution is -0.130. The number of hydrogen-bond donors (Lipinski definition) is 0. The Morgan fingerprint density at radius 2 is 2.38 bits per heavy atom. The molecule has 0 aromatic heterocycles. The second-order valence-corrected chi connectivity index (χ2v) is 4.01. The molecule has 0 saturated carbocycles. The number of ketones is 1. The second-order valence-electron chi connectivity index (χ2n) is 4.01. The fraction of sp³-hybridized carbons (Fsp3) is 0.909. The molecule has 76 valence electrons. The molecule has 0 spiro atoms. The number of ether oxygens (including phenoxy) is 1. The van der Waals surface area contributed by atoms with Gasteiger partial charge < -0.3 is 4.74 Å². The lowest BCUT2D eigenvalue weighted by Gasteiger charge is -2.23. The molecule has 1 heterocycles.